The summed E-state index contributed by atoms with van der Waals surface area (Å²) in [6.07, 6.45) is -2.39. The van der Waals surface area contributed by atoms with Gasteiger partial charge in [-0.05, 0) is 0 Å². The fourth-order valence-electron chi connectivity index (χ4n) is 0.937. The Hall–Kier alpha value is -1.53. The lowest BCUT2D eigenvalue weighted by molar-refractivity contribution is -0.132. The van der Waals surface area contributed by atoms with Crippen LogP contribution >= 0.6 is 0 Å². The molecule has 0 radical (unpaired) electrons. The van der Waals surface area contributed by atoms with Crippen molar-refractivity contribution in [1.29, 1.82) is 0 Å². The van der Waals surface area contributed by atoms with E-state index in [0.29, 0.717) is 5.82 Å². The lowest BCUT2D eigenvalue weighted by Crippen LogP contribution is -2.24. The Labute approximate surface area is 84.9 Å². The quantitative estimate of drug-likeness (QED) is 0.837. The van der Waals surface area contributed by atoms with Gasteiger partial charge in [0.15, 0.2) is 0 Å². The van der Waals surface area contributed by atoms with Crippen LogP contribution in [-0.4, -0.2) is 29.7 Å². The van der Waals surface area contributed by atoms with Crippen LogP contribution in [0.1, 0.15) is 6.42 Å². The number of rotatable bonds is 3. The molecule has 0 aliphatic heterocycles. The second-order valence-corrected chi connectivity index (χ2v) is 3.09. The molecule has 2 N–H and O–H groups in total. The van der Waals surface area contributed by atoms with Gasteiger partial charge in [-0.2, -0.15) is 13.2 Å². The average molecular weight is 220 g/mol. The van der Waals surface area contributed by atoms with Crippen molar-refractivity contribution in [3.8, 4) is 0 Å². The third-order valence-corrected chi connectivity index (χ3v) is 1.78. The van der Waals surface area contributed by atoms with Crippen LogP contribution in [0.3, 0.4) is 0 Å². The summed E-state index contributed by atoms with van der Waals surface area (Å²) < 4.78 is 35.7. The SMILES string of the molecule is CN(CCC(F)(F)F)c1cnc(N)cn1. The van der Waals surface area contributed by atoms with Crippen molar-refractivity contribution in [1.82, 2.24) is 9.97 Å². The Morgan fingerprint density at radius 3 is 2.47 bits per heavy atom. The lowest BCUT2D eigenvalue weighted by Gasteiger charge is -2.18. The number of alkyl halides is 3. The number of hydrogen-bond donors (Lipinski definition) is 1. The summed E-state index contributed by atoms with van der Waals surface area (Å²) in [5.74, 6) is 0.608. The van der Waals surface area contributed by atoms with Crippen molar-refractivity contribution in [3.05, 3.63) is 12.4 Å². The standard InChI is InChI=1S/C8H11F3N4/c1-15(3-2-8(9,10)11)7-5-13-6(12)4-14-7/h4-5H,2-3H2,1H3,(H2,12,13). The minimum atomic E-state index is -4.16. The van der Waals surface area contributed by atoms with Crippen molar-refractivity contribution in [3.63, 3.8) is 0 Å². The Balaban J connectivity index is 2.54. The molecule has 0 aliphatic carbocycles. The van der Waals surface area contributed by atoms with Gasteiger partial charge in [-0.25, -0.2) is 9.97 Å². The van der Waals surface area contributed by atoms with Crippen LogP contribution in [0.4, 0.5) is 24.8 Å². The molecule has 1 rings (SSSR count). The van der Waals surface area contributed by atoms with Crippen LogP contribution in [0, 0.1) is 0 Å². The van der Waals surface area contributed by atoms with Crippen molar-refractivity contribution < 1.29 is 13.2 Å². The molecule has 0 spiro atoms. The van der Waals surface area contributed by atoms with E-state index in [1.807, 2.05) is 0 Å². The number of aromatic nitrogens is 2. The van der Waals surface area contributed by atoms with Gasteiger partial charge in [-0.1, -0.05) is 0 Å². The van der Waals surface area contributed by atoms with Gasteiger partial charge in [-0.3, -0.25) is 0 Å². The second kappa shape index (κ2) is 4.33. The van der Waals surface area contributed by atoms with Gasteiger partial charge in [0.2, 0.25) is 0 Å². The number of anilines is 2. The summed E-state index contributed by atoms with van der Waals surface area (Å²) in [7, 11) is 1.52. The van der Waals surface area contributed by atoms with E-state index >= 15 is 0 Å². The van der Waals surface area contributed by atoms with E-state index in [-0.39, 0.29) is 12.4 Å². The molecule has 1 aromatic rings. The summed E-state index contributed by atoms with van der Waals surface area (Å²) in [5.41, 5.74) is 5.30. The third-order valence-electron chi connectivity index (χ3n) is 1.78. The molecule has 84 valence electrons. The van der Waals surface area contributed by atoms with Crippen LogP contribution < -0.4 is 10.6 Å². The van der Waals surface area contributed by atoms with Crippen molar-refractivity contribution in [2.45, 2.75) is 12.6 Å². The van der Waals surface area contributed by atoms with E-state index in [9.17, 15) is 13.2 Å². The smallest absolute Gasteiger partial charge is 0.382 e. The number of nitrogens with zero attached hydrogens (tertiary/aromatic N) is 3. The summed E-state index contributed by atoms with van der Waals surface area (Å²) in [5, 5.41) is 0. The van der Waals surface area contributed by atoms with Gasteiger partial charge in [-0.15, -0.1) is 0 Å². The summed E-state index contributed by atoms with van der Waals surface area (Å²) in [6, 6.07) is 0. The van der Waals surface area contributed by atoms with Crippen LogP contribution in [-0.2, 0) is 0 Å². The van der Waals surface area contributed by atoms with E-state index in [2.05, 4.69) is 9.97 Å². The molecule has 0 aliphatic rings. The van der Waals surface area contributed by atoms with E-state index in [0.717, 1.165) is 0 Å². The first-order valence-electron chi connectivity index (χ1n) is 4.24. The maximum Gasteiger partial charge on any atom is 0.390 e. The zero-order chi connectivity index (χ0) is 11.5. The first-order valence-corrected chi connectivity index (χ1v) is 4.24. The predicted octanol–water partition coefficient (Wildman–Crippen LogP) is 1.45. The summed E-state index contributed by atoms with van der Waals surface area (Å²) >= 11 is 0. The van der Waals surface area contributed by atoms with Crippen LogP contribution in [0.2, 0.25) is 0 Å². The van der Waals surface area contributed by atoms with Gasteiger partial charge in [0.1, 0.15) is 11.6 Å². The molecule has 1 aromatic heterocycles. The number of hydrogen-bond acceptors (Lipinski definition) is 4. The zero-order valence-electron chi connectivity index (χ0n) is 8.12. The minimum absolute atomic E-state index is 0.151. The molecule has 0 amide bonds. The summed E-state index contributed by atoms with van der Waals surface area (Å²) in [4.78, 5) is 8.96. The maximum atomic E-state index is 11.9. The first-order chi connectivity index (χ1) is 6.88. The fourth-order valence-corrected chi connectivity index (χ4v) is 0.937. The number of nitrogen functional groups attached to an aromatic ring is 1. The fraction of sp³-hybridized carbons (Fsp3) is 0.500. The largest absolute Gasteiger partial charge is 0.390 e. The van der Waals surface area contributed by atoms with Crippen LogP contribution in [0.25, 0.3) is 0 Å². The van der Waals surface area contributed by atoms with E-state index in [1.54, 1.807) is 0 Å². The highest BCUT2D eigenvalue weighted by Crippen LogP contribution is 2.20. The molecule has 4 nitrogen and oxygen atoms in total. The van der Waals surface area contributed by atoms with Crippen molar-refractivity contribution >= 4 is 11.6 Å². The highest BCUT2D eigenvalue weighted by molar-refractivity contribution is 5.38. The average Bonchev–Trinajstić information content (AvgIpc) is 2.14. The maximum absolute atomic E-state index is 11.9. The van der Waals surface area contributed by atoms with Gasteiger partial charge >= 0.3 is 6.18 Å². The highest BCUT2D eigenvalue weighted by atomic mass is 19.4. The lowest BCUT2D eigenvalue weighted by atomic mass is 10.4. The van der Waals surface area contributed by atoms with Crippen molar-refractivity contribution in [2.75, 3.05) is 24.2 Å². The van der Waals surface area contributed by atoms with E-state index < -0.39 is 12.6 Å². The predicted molar refractivity (Wildman–Crippen MR) is 50.4 cm³/mol. The molecule has 0 atom stereocenters. The Morgan fingerprint density at radius 2 is 2.00 bits per heavy atom. The summed E-state index contributed by atoms with van der Waals surface area (Å²) in [6.45, 7) is -0.151. The first kappa shape index (κ1) is 11.5. The molecular formula is C8H11F3N4. The molecule has 0 fully saturated rings. The van der Waals surface area contributed by atoms with Crippen molar-refractivity contribution in [2.24, 2.45) is 0 Å². The van der Waals surface area contributed by atoms with E-state index in [1.165, 1.54) is 24.3 Å². The molecule has 0 saturated heterocycles. The Morgan fingerprint density at radius 1 is 1.33 bits per heavy atom. The third kappa shape index (κ3) is 4.01. The van der Waals surface area contributed by atoms with Crippen LogP contribution in [0.5, 0.6) is 0 Å². The minimum Gasteiger partial charge on any atom is -0.382 e. The molecular weight excluding hydrogens is 209 g/mol. The highest BCUT2D eigenvalue weighted by Gasteiger charge is 2.27. The molecule has 0 aromatic carbocycles. The molecule has 15 heavy (non-hydrogen) atoms. The van der Waals surface area contributed by atoms with Gasteiger partial charge in [0.05, 0.1) is 18.8 Å². The molecule has 0 saturated carbocycles. The molecule has 7 heteroatoms. The molecule has 0 bridgehead atoms. The zero-order valence-corrected chi connectivity index (χ0v) is 8.12. The number of halogens is 3. The topological polar surface area (TPSA) is 55.0 Å². The number of nitrogens with two attached hydrogens (primary N) is 1. The van der Waals surface area contributed by atoms with Gasteiger partial charge in [0.25, 0.3) is 0 Å². The monoisotopic (exact) mass is 220 g/mol. The normalized spacial score (nSPS) is 11.5. The Bertz CT molecular complexity index is 309. The van der Waals surface area contributed by atoms with Gasteiger partial charge in [0, 0.05) is 13.6 Å². The second-order valence-electron chi connectivity index (χ2n) is 3.09. The van der Waals surface area contributed by atoms with E-state index in [4.69, 9.17) is 5.73 Å². The van der Waals surface area contributed by atoms with Gasteiger partial charge < -0.3 is 10.6 Å². The van der Waals surface area contributed by atoms with Crippen LogP contribution in [0.15, 0.2) is 12.4 Å². The molecule has 1 heterocycles. The Kier molecular flexibility index (Phi) is 3.33. The molecule has 0 unspecified atom stereocenters.